The van der Waals surface area contributed by atoms with Gasteiger partial charge in [-0.3, -0.25) is 0 Å². The molecule has 2 N–H and O–H groups in total. The first-order valence-electron chi connectivity index (χ1n) is 4.90. The fourth-order valence-corrected chi connectivity index (χ4v) is 4.85. The number of hydrogen-bond acceptors (Lipinski definition) is 4. The van der Waals surface area contributed by atoms with E-state index in [0.29, 0.717) is 14.9 Å². The van der Waals surface area contributed by atoms with Crippen LogP contribution in [0.15, 0.2) is 35.2 Å². The Hall–Kier alpha value is -0.750. The molecule has 0 aliphatic carbocycles. The maximum Gasteiger partial charge on any atom is 0.184 e. The van der Waals surface area contributed by atoms with E-state index in [1.807, 2.05) is 0 Å². The smallest absolute Gasteiger partial charge is 0.184 e. The van der Waals surface area contributed by atoms with Gasteiger partial charge in [0.1, 0.15) is 0 Å². The molecular formula is C11H9Cl2NO2S2. The second-order valence-electron chi connectivity index (χ2n) is 3.65. The molecule has 0 aliphatic rings. The molecule has 2 aromatic rings. The molecule has 0 unspecified atom stereocenters. The van der Waals surface area contributed by atoms with Crippen molar-refractivity contribution in [3.05, 3.63) is 44.6 Å². The minimum atomic E-state index is -3.48. The van der Waals surface area contributed by atoms with E-state index in [9.17, 15) is 8.42 Å². The zero-order chi connectivity index (χ0) is 13.3. The molecule has 1 aromatic heterocycles. The van der Waals surface area contributed by atoms with E-state index in [-0.39, 0.29) is 15.7 Å². The van der Waals surface area contributed by atoms with Crippen LogP contribution in [0.3, 0.4) is 0 Å². The lowest BCUT2D eigenvalue weighted by Gasteiger charge is -2.06. The van der Waals surface area contributed by atoms with Gasteiger partial charge in [-0.05, 0) is 30.3 Å². The Morgan fingerprint density at radius 3 is 2.44 bits per heavy atom. The SMILES string of the molecule is Nc1ccc(S(=O)(=O)Cc2ccc(Cl)s2)c(Cl)c1. The minimum absolute atomic E-state index is 0.0860. The topological polar surface area (TPSA) is 60.2 Å². The predicted molar refractivity (Wildman–Crippen MR) is 76.1 cm³/mol. The zero-order valence-electron chi connectivity index (χ0n) is 9.06. The zero-order valence-corrected chi connectivity index (χ0v) is 12.2. The number of rotatable bonds is 3. The van der Waals surface area contributed by atoms with E-state index < -0.39 is 9.84 Å². The standard InChI is InChI=1S/C11H9Cl2NO2S2/c12-9-5-7(14)1-3-10(9)18(15,16)6-8-2-4-11(13)17-8/h1-5H,6,14H2. The highest BCUT2D eigenvalue weighted by atomic mass is 35.5. The Bertz CT molecular complexity index is 680. The number of nitrogen functional groups attached to an aromatic ring is 1. The van der Waals surface area contributed by atoms with E-state index in [2.05, 4.69) is 0 Å². The van der Waals surface area contributed by atoms with E-state index in [0.717, 1.165) is 0 Å². The molecule has 1 heterocycles. The van der Waals surface area contributed by atoms with Crippen molar-refractivity contribution < 1.29 is 8.42 Å². The largest absolute Gasteiger partial charge is 0.399 e. The molecule has 0 saturated carbocycles. The van der Waals surface area contributed by atoms with Gasteiger partial charge < -0.3 is 5.73 Å². The monoisotopic (exact) mass is 321 g/mol. The number of nitrogens with two attached hydrogens (primary N) is 1. The third-order valence-electron chi connectivity index (χ3n) is 2.25. The number of anilines is 1. The molecule has 0 amide bonds. The molecule has 2 rings (SSSR count). The average Bonchev–Trinajstić information content (AvgIpc) is 2.62. The van der Waals surface area contributed by atoms with Crippen LogP contribution in [0.2, 0.25) is 9.36 Å². The van der Waals surface area contributed by atoms with Gasteiger partial charge in [0.25, 0.3) is 0 Å². The molecule has 0 radical (unpaired) electrons. The van der Waals surface area contributed by atoms with Gasteiger partial charge in [-0.1, -0.05) is 23.2 Å². The summed E-state index contributed by atoms with van der Waals surface area (Å²) < 4.78 is 24.9. The first-order valence-corrected chi connectivity index (χ1v) is 8.13. The summed E-state index contributed by atoms with van der Waals surface area (Å²) in [5, 5.41) is 0.137. The maximum atomic E-state index is 12.2. The van der Waals surface area contributed by atoms with Crippen LogP contribution in [0.25, 0.3) is 0 Å². The fraction of sp³-hybridized carbons (Fsp3) is 0.0909. The molecule has 1 aromatic carbocycles. The number of benzene rings is 1. The second kappa shape index (κ2) is 5.09. The Morgan fingerprint density at radius 1 is 1.17 bits per heavy atom. The Kier molecular flexibility index (Phi) is 3.87. The van der Waals surface area contributed by atoms with E-state index >= 15 is 0 Å². The molecule has 0 aliphatic heterocycles. The van der Waals surface area contributed by atoms with Crippen molar-refractivity contribution in [1.29, 1.82) is 0 Å². The summed E-state index contributed by atoms with van der Waals surface area (Å²) in [5.41, 5.74) is 5.96. The first kappa shape index (κ1) is 13.7. The maximum absolute atomic E-state index is 12.2. The van der Waals surface area contributed by atoms with Crippen LogP contribution in [-0.4, -0.2) is 8.42 Å². The molecule has 0 atom stereocenters. The van der Waals surface area contributed by atoms with Gasteiger partial charge in [0.05, 0.1) is 20.0 Å². The highest BCUT2D eigenvalue weighted by molar-refractivity contribution is 7.91. The summed E-state index contributed by atoms with van der Waals surface area (Å²) in [4.78, 5) is 0.760. The van der Waals surface area contributed by atoms with Crippen LogP contribution in [0, 0.1) is 0 Å². The van der Waals surface area contributed by atoms with Crippen molar-refractivity contribution in [2.24, 2.45) is 0 Å². The van der Waals surface area contributed by atoms with Crippen molar-refractivity contribution in [2.45, 2.75) is 10.6 Å². The predicted octanol–water partition coefficient (Wildman–Crippen LogP) is 3.61. The number of hydrogen-bond donors (Lipinski definition) is 1. The molecule has 0 bridgehead atoms. The Labute approximate surface area is 119 Å². The fourth-order valence-electron chi connectivity index (χ4n) is 1.46. The Morgan fingerprint density at radius 2 is 1.89 bits per heavy atom. The van der Waals surface area contributed by atoms with Crippen LogP contribution < -0.4 is 5.73 Å². The van der Waals surface area contributed by atoms with Crippen LogP contribution >= 0.6 is 34.5 Å². The summed E-state index contributed by atoms with van der Waals surface area (Å²) in [6, 6.07) is 7.72. The van der Waals surface area contributed by atoms with Gasteiger partial charge in [-0.25, -0.2) is 8.42 Å². The third-order valence-corrected chi connectivity index (χ3v) is 5.81. The Balaban J connectivity index is 2.36. The highest BCUT2D eigenvalue weighted by Crippen LogP contribution is 2.29. The van der Waals surface area contributed by atoms with Crippen molar-refractivity contribution in [1.82, 2.24) is 0 Å². The van der Waals surface area contributed by atoms with Gasteiger partial charge in [-0.2, -0.15) is 0 Å². The molecule has 0 saturated heterocycles. The van der Waals surface area contributed by atoms with E-state index in [1.165, 1.54) is 29.5 Å². The summed E-state index contributed by atoms with van der Waals surface area (Å²) in [7, 11) is -3.48. The lowest BCUT2D eigenvalue weighted by molar-refractivity contribution is 0.596. The quantitative estimate of drug-likeness (QED) is 0.878. The minimum Gasteiger partial charge on any atom is -0.399 e. The third kappa shape index (κ3) is 2.98. The summed E-state index contributed by atoms with van der Waals surface area (Å²) in [6.07, 6.45) is 0. The number of thiophene rings is 1. The first-order chi connectivity index (χ1) is 8.38. The van der Waals surface area contributed by atoms with Gasteiger partial charge in [0, 0.05) is 10.6 Å². The molecule has 96 valence electrons. The second-order valence-corrected chi connectivity index (χ2v) is 7.82. The molecule has 0 fully saturated rings. The van der Waals surface area contributed by atoms with Crippen molar-refractivity contribution in [3.8, 4) is 0 Å². The van der Waals surface area contributed by atoms with E-state index in [1.54, 1.807) is 12.1 Å². The van der Waals surface area contributed by atoms with Crippen molar-refractivity contribution in [2.75, 3.05) is 5.73 Å². The normalized spacial score (nSPS) is 11.7. The summed E-state index contributed by atoms with van der Waals surface area (Å²) in [5.74, 6) is -0.117. The van der Waals surface area contributed by atoms with Crippen LogP contribution in [0.4, 0.5) is 5.69 Å². The van der Waals surface area contributed by atoms with Gasteiger partial charge in [0.2, 0.25) is 0 Å². The van der Waals surface area contributed by atoms with Crippen LogP contribution in [0.1, 0.15) is 4.88 Å². The molecule has 7 heteroatoms. The van der Waals surface area contributed by atoms with Gasteiger partial charge in [-0.15, -0.1) is 11.3 Å². The van der Waals surface area contributed by atoms with Crippen molar-refractivity contribution in [3.63, 3.8) is 0 Å². The van der Waals surface area contributed by atoms with Crippen LogP contribution in [0.5, 0.6) is 0 Å². The number of halogens is 2. The van der Waals surface area contributed by atoms with Gasteiger partial charge >= 0.3 is 0 Å². The lowest BCUT2D eigenvalue weighted by Crippen LogP contribution is -2.05. The van der Waals surface area contributed by atoms with Crippen LogP contribution in [-0.2, 0) is 15.6 Å². The molecule has 0 spiro atoms. The number of sulfone groups is 1. The molecular weight excluding hydrogens is 313 g/mol. The van der Waals surface area contributed by atoms with Gasteiger partial charge in [0.15, 0.2) is 9.84 Å². The lowest BCUT2D eigenvalue weighted by atomic mass is 10.3. The van der Waals surface area contributed by atoms with Crippen molar-refractivity contribution >= 4 is 50.1 Å². The molecule has 18 heavy (non-hydrogen) atoms. The molecule has 3 nitrogen and oxygen atoms in total. The average molecular weight is 322 g/mol. The summed E-state index contributed by atoms with van der Waals surface area (Å²) in [6.45, 7) is 0. The van der Waals surface area contributed by atoms with E-state index in [4.69, 9.17) is 28.9 Å². The summed E-state index contributed by atoms with van der Waals surface area (Å²) >= 11 is 12.9. The highest BCUT2D eigenvalue weighted by Gasteiger charge is 2.19.